The number of aromatic nitrogens is 3. The van der Waals surface area contributed by atoms with Gasteiger partial charge in [-0.25, -0.2) is 18.2 Å². The SMILES string of the molecule is CO[C@H]1CC[C@H](C2(C(=O)N3C[C@H](F)C[C@@H]3C(=O)Nc3ccc4[nH]ncc4n3)CCC(F)(F)CC2)CC1. The molecule has 36 heavy (non-hydrogen) atoms. The van der Waals surface area contributed by atoms with Crippen molar-refractivity contribution < 1.29 is 27.5 Å². The van der Waals surface area contributed by atoms with Crippen molar-refractivity contribution >= 4 is 28.7 Å². The Kier molecular flexibility index (Phi) is 6.69. The molecule has 0 aromatic carbocycles. The lowest BCUT2D eigenvalue weighted by Gasteiger charge is -2.48. The van der Waals surface area contributed by atoms with Gasteiger partial charge in [0.15, 0.2) is 0 Å². The Morgan fingerprint density at radius 3 is 2.56 bits per heavy atom. The van der Waals surface area contributed by atoms with Crippen LogP contribution >= 0.6 is 0 Å². The number of carbonyl (C=O) groups is 2. The van der Waals surface area contributed by atoms with E-state index < -0.39 is 29.5 Å². The van der Waals surface area contributed by atoms with Crippen molar-refractivity contribution in [2.24, 2.45) is 11.3 Å². The third-order valence-electron chi connectivity index (χ3n) is 8.45. The first-order chi connectivity index (χ1) is 17.2. The zero-order chi connectivity index (χ0) is 25.5. The van der Waals surface area contributed by atoms with Gasteiger partial charge in [0.2, 0.25) is 17.7 Å². The number of methoxy groups -OCH3 is 1. The van der Waals surface area contributed by atoms with Gasteiger partial charge in [0.25, 0.3) is 0 Å². The van der Waals surface area contributed by atoms with Crippen LogP contribution in [-0.2, 0) is 14.3 Å². The molecule has 3 fully saturated rings. The van der Waals surface area contributed by atoms with E-state index in [1.54, 1.807) is 19.2 Å². The number of fused-ring (bicyclic) bond motifs is 1. The number of ether oxygens (including phenoxy) is 1. The van der Waals surface area contributed by atoms with Crippen LogP contribution in [0.2, 0.25) is 0 Å². The second kappa shape index (κ2) is 9.64. The summed E-state index contributed by atoms with van der Waals surface area (Å²) >= 11 is 0. The number of nitrogens with zero attached hydrogens (tertiary/aromatic N) is 3. The van der Waals surface area contributed by atoms with E-state index in [0.717, 1.165) is 12.8 Å². The fourth-order valence-electron chi connectivity index (χ4n) is 6.36. The van der Waals surface area contributed by atoms with Gasteiger partial charge in [-0.2, -0.15) is 5.10 Å². The minimum Gasteiger partial charge on any atom is -0.381 e. The average molecular weight is 508 g/mol. The van der Waals surface area contributed by atoms with Crippen molar-refractivity contribution in [3.05, 3.63) is 18.3 Å². The van der Waals surface area contributed by atoms with Gasteiger partial charge in [-0.1, -0.05) is 0 Å². The van der Waals surface area contributed by atoms with Crippen molar-refractivity contribution in [3.8, 4) is 0 Å². The molecule has 3 heterocycles. The number of anilines is 1. The maximum absolute atomic E-state index is 14.7. The maximum Gasteiger partial charge on any atom is 0.248 e. The van der Waals surface area contributed by atoms with Gasteiger partial charge >= 0.3 is 0 Å². The van der Waals surface area contributed by atoms with E-state index in [9.17, 15) is 22.8 Å². The molecule has 0 radical (unpaired) electrons. The number of aromatic amines is 1. The minimum absolute atomic E-state index is 0.0433. The number of hydrogen-bond donors (Lipinski definition) is 2. The van der Waals surface area contributed by atoms with E-state index in [0.29, 0.717) is 23.9 Å². The van der Waals surface area contributed by atoms with Crippen molar-refractivity contribution in [2.45, 2.75) is 82.0 Å². The lowest BCUT2D eigenvalue weighted by atomic mass is 9.60. The van der Waals surface area contributed by atoms with Crippen LogP contribution in [0.15, 0.2) is 18.3 Å². The van der Waals surface area contributed by atoms with Crippen LogP contribution < -0.4 is 5.32 Å². The Hall–Kier alpha value is -2.69. The molecule has 0 bridgehead atoms. The lowest BCUT2D eigenvalue weighted by Crippen LogP contribution is -2.55. The number of likely N-dealkylation sites (tertiary alicyclic amines) is 1. The zero-order valence-electron chi connectivity index (χ0n) is 20.3. The largest absolute Gasteiger partial charge is 0.381 e. The number of H-pyrrole nitrogens is 1. The molecule has 2 amide bonds. The molecule has 2 saturated carbocycles. The fourth-order valence-corrected chi connectivity index (χ4v) is 6.36. The molecule has 2 aromatic rings. The van der Waals surface area contributed by atoms with E-state index in [1.165, 1.54) is 11.1 Å². The Morgan fingerprint density at radius 1 is 1.14 bits per heavy atom. The quantitative estimate of drug-likeness (QED) is 0.631. The van der Waals surface area contributed by atoms with Crippen LogP contribution in [0, 0.1) is 11.3 Å². The summed E-state index contributed by atoms with van der Waals surface area (Å²) in [6.07, 6.45) is 2.35. The molecule has 0 unspecified atom stereocenters. The molecule has 196 valence electrons. The summed E-state index contributed by atoms with van der Waals surface area (Å²) < 4.78 is 48.5. The highest BCUT2D eigenvalue weighted by Gasteiger charge is 2.56. The predicted octanol–water partition coefficient (Wildman–Crippen LogP) is 4.24. The van der Waals surface area contributed by atoms with E-state index >= 15 is 0 Å². The summed E-state index contributed by atoms with van der Waals surface area (Å²) in [6, 6.07) is 2.29. The number of nitrogens with one attached hydrogen (secondary N) is 2. The third-order valence-corrected chi connectivity index (χ3v) is 8.45. The Labute approximate surface area is 207 Å². The Morgan fingerprint density at radius 2 is 1.86 bits per heavy atom. The zero-order valence-corrected chi connectivity index (χ0v) is 20.3. The highest BCUT2D eigenvalue weighted by atomic mass is 19.3. The number of halogens is 3. The number of alkyl halides is 3. The lowest BCUT2D eigenvalue weighted by molar-refractivity contribution is -0.161. The highest BCUT2D eigenvalue weighted by Crippen LogP contribution is 2.53. The minimum atomic E-state index is -2.81. The first kappa shape index (κ1) is 25.0. The molecule has 8 nitrogen and oxygen atoms in total. The molecule has 0 spiro atoms. The third kappa shape index (κ3) is 4.69. The monoisotopic (exact) mass is 507 g/mol. The molecular weight excluding hydrogens is 475 g/mol. The Bertz CT molecular complexity index is 1110. The van der Waals surface area contributed by atoms with E-state index in [4.69, 9.17) is 4.74 Å². The number of hydrogen-bond acceptors (Lipinski definition) is 5. The molecule has 1 aliphatic heterocycles. The maximum atomic E-state index is 14.7. The van der Waals surface area contributed by atoms with Gasteiger partial charge in [-0.3, -0.25) is 14.7 Å². The molecule has 2 N–H and O–H groups in total. The van der Waals surface area contributed by atoms with Gasteiger partial charge < -0.3 is 15.0 Å². The van der Waals surface area contributed by atoms with E-state index in [2.05, 4.69) is 20.5 Å². The first-order valence-corrected chi connectivity index (χ1v) is 12.7. The van der Waals surface area contributed by atoms with Crippen LogP contribution in [0.1, 0.15) is 57.8 Å². The van der Waals surface area contributed by atoms with Crippen LogP contribution in [0.5, 0.6) is 0 Å². The number of rotatable bonds is 5. The number of carbonyl (C=O) groups excluding carboxylic acids is 2. The van der Waals surface area contributed by atoms with Crippen molar-refractivity contribution in [1.29, 1.82) is 0 Å². The number of pyridine rings is 1. The summed E-state index contributed by atoms with van der Waals surface area (Å²) in [7, 11) is 1.65. The summed E-state index contributed by atoms with van der Waals surface area (Å²) in [6.45, 7) is -0.212. The standard InChI is InChI=1S/C25H32F3N5O3/c1-36-17-4-2-15(3-5-17)24(8-10-25(27,28)11-9-24)23(35)33-14-16(26)12-20(33)22(34)31-21-7-6-18-19(30-21)13-29-32-18/h6-7,13,15-17,20H,2-5,8-12,14H2,1H3,(H,29,32)(H,30,31,34)/t15-,16-,17-,20-/m1/s1. The van der Waals surface area contributed by atoms with Crippen LogP contribution in [0.4, 0.5) is 19.0 Å². The van der Waals surface area contributed by atoms with Crippen LogP contribution in [0.3, 0.4) is 0 Å². The van der Waals surface area contributed by atoms with Gasteiger partial charge in [0.1, 0.15) is 23.5 Å². The van der Waals surface area contributed by atoms with Gasteiger partial charge in [-0.15, -0.1) is 0 Å². The first-order valence-electron chi connectivity index (χ1n) is 12.7. The van der Waals surface area contributed by atoms with Crippen molar-refractivity contribution in [1.82, 2.24) is 20.1 Å². The topological polar surface area (TPSA) is 100 Å². The molecule has 5 rings (SSSR count). The van der Waals surface area contributed by atoms with Gasteiger partial charge in [0.05, 0.1) is 29.8 Å². The molecule has 2 aliphatic carbocycles. The normalized spacial score (nSPS) is 29.8. The molecule has 11 heteroatoms. The highest BCUT2D eigenvalue weighted by molar-refractivity contribution is 5.98. The number of amides is 2. The molecule has 2 aromatic heterocycles. The molecular formula is C25H32F3N5O3. The second-order valence-electron chi connectivity index (χ2n) is 10.5. The van der Waals surface area contributed by atoms with Gasteiger partial charge in [0, 0.05) is 26.4 Å². The summed E-state index contributed by atoms with van der Waals surface area (Å²) in [5.41, 5.74) is 0.245. The Balaban J connectivity index is 1.38. The smallest absolute Gasteiger partial charge is 0.248 e. The summed E-state index contributed by atoms with van der Waals surface area (Å²) in [5, 5.41) is 9.39. The predicted molar refractivity (Wildman–Crippen MR) is 126 cm³/mol. The van der Waals surface area contributed by atoms with Crippen molar-refractivity contribution in [3.63, 3.8) is 0 Å². The summed E-state index contributed by atoms with van der Waals surface area (Å²) in [4.78, 5) is 33.0. The van der Waals surface area contributed by atoms with Gasteiger partial charge in [-0.05, 0) is 56.6 Å². The average Bonchev–Trinajstić information content (AvgIpc) is 3.50. The summed E-state index contributed by atoms with van der Waals surface area (Å²) in [5.74, 6) is -3.53. The fraction of sp³-hybridized carbons (Fsp3) is 0.680. The van der Waals surface area contributed by atoms with Crippen LogP contribution in [0.25, 0.3) is 11.0 Å². The van der Waals surface area contributed by atoms with E-state index in [1.807, 2.05) is 0 Å². The van der Waals surface area contributed by atoms with Crippen LogP contribution in [-0.4, -0.2) is 69.8 Å². The second-order valence-corrected chi connectivity index (χ2v) is 10.5. The molecule has 1 saturated heterocycles. The van der Waals surface area contributed by atoms with Crippen molar-refractivity contribution in [2.75, 3.05) is 19.0 Å². The van der Waals surface area contributed by atoms with E-state index in [-0.39, 0.29) is 62.4 Å². The molecule has 2 atom stereocenters. The molecule has 3 aliphatic rings.